The molecular formula is C17H20ClN3O3. The number of para-hydroxylation sites is 1. The molecule has 2 aromatic rings. The molecule has 0 saturated carbocycles. The molecule has 24 heavy (non-hydrogen) atoms. The molecule has 128 valence electrons. The minimum atomic E-state index is -0.692. The van der Waals surface area contributed by atoms with Gasteiger partial charge in [-0.1, -0.05) is 29.8 Å². The molecule has 1 aliphatic rings. The zero-order valence-corrected chi connectivity index (χ0v) is 14.2. The highest BCUT2D eigenvalue weighted by Gasteiger charge is 2.21. The molecule has 0 spiro atoms. The predicted octanol–water partition coefficient (Wildman–Crippen LogP) is 2.59. The summed E-state index contributed by atoms with van der Waals surface area (Å²) in [5.74, 6) is 0.0242. The number of ether oxygens (including phenoxy) is 2. The summed E-state index contributed by atoms with van der Waals surface area (Å²) < 4.78 is 12.7. The number of benzene rings is 1. The van der Waals surface area contributed by atoms with Crippen molar-refractivity contribution in [3.63, 3.8) is 0 Å². The number of hydrogen-bond acceptors (Lipinski definition) is 4. The van der Waals surface area contributed by atoms with Gasteiger partial charge in [-0.3, -0.25) is 4.79 Å². The fraction of sp³-hybridized carbons (Fsp3) is 0.412. The van der Waals surface area contributed by atoms with Gasteiger partial charge in [0.1, 0.15) is 5.02 Å². The van der Waals surface area contributed by atoms with Crippen LogP contribution < -0.4 is 10.1 Å². The van der Waals surface area contributed by atoms with Crippen LogP contribution in [0.1, 0.15) is 19.8 Å². The van der Waals surface area contributed by atoms with Crippen LogP contribution in [0, 0.1) is 0 Å². The van der Waals surface area contributed by atoms with E-state index in [1.807, 2.05) is 30.3 Å². The molecule has 0 radical (unpaired) electrons. The van der Waals surface area contributed by atoms with E-state index >= 15 is 0 Å². The van der Waals surface area contributed by atoms with Gasteiger partial charge in [0.2, 0.25) is 0 Å². The van der Waals surface area contributed by atoms with E-state index in [-0.39, 0.29) is 17.9 Å². The summed E-state index contributed by atoms with van der Waals surface area (Å²) in [5.41, 5.74) is 0.865. The van der Waals surface area contributed by atoms with E-state index in [2.05, 4.69) is 10.4 Å². The molecule has 3 rings (SSSR count). The van der Waals surface area contributed by atoms with Crippen molar-refractivity contribution in [2.75, 3.05) is 13.2 Å². The molecule has 1 aromatic carbocycles. The standard InChI is InChI=1S/C17H20ClN3O3/c1-12(16(22)19-10-14-8-5-9-23-14)24-17-15(18)11-21(20-17)13-6-3-2-4-7-13/h2-4,6-7,11-12,14H,5,8-10H2,1H3,(H,19,22)/t12-,14+/m0/s1. The first kappa shape index (κ1) is 16.8. The number of amides is 1. The zero-order valence-electron chi connectivity index (χ0n) is 13.4. The van der Waals surface area contributed by atoms with Crippen LogP contribution in [0.2, 0.25) is 5.02 Å². The van der Waals surface area contributed by atoms with Crippen LogP contribution in [-0.2, 0) is 9.53 Å². The quantitative estimate of drug-likeness (QED) is 0.870. The molecule has 0 unspecified atom stereocenters. The number of carbonyl (C=O) groups excluding carboxylic acids is 1. The molecular weight excluding hydrogens is 330 g/mol. The second-order valence-corrected chi connectivity index (χ2v) is 6.11. The second kappa shape index (κ2) is 7.68. The van der Waals surface area contributed by atoms with Crippen molar-refractivity contribution in [2.45, 2.75) is 32.0 Å². The van der Waals surface area contributed by atoms with Gasteiger partial charge in [-0.15, -0.1) is 5.10 Å². The Hall–Kier alpha value is -2.05. The number of rotatable bonds is 6. The molecule has 7 heteroatoms. The summed E-state index contributed by atoms with van der Waals surface area (Å²) >= 11 is 6.16. The van der Waals surface area contributed by atoms with Crippen LogP contribution in [0.25, 0.3) is 5.69 Å². The minimum Gasteiger partial charge on any atom is -0.462 e. The molecule has 1 amide bonds. The van der Waals surface area contributed by atoms with Gasteiger partial charge in [0.05, 0.1) is 18.0 Å². The van der Waals surface area contributed by atoms with Gasteiger partial charge in [-0.2, -0.15) is 0 Å². The largest absolute Gasteiger partial charge is 0.462 e. The van der Waals surface area contributed by atoms with E-state index in [1.54, 1.807) is 17.8 Å². The molecule has 6 nitrogen and oxygen atoms in total. The summed E-state index contributed by atoms with van der Waals surface area (Å²) in [4.78, 5) is 12.1. The lowest BCUT2D eigenvalue weighted by Gasteiger charge is -2.15. The van der Waals surface area contributed by atoms with Gasteiger partial charge in [0.25, 0.3) is 11.8 Å². The lowest BCUT2D eigenvalue weighted by Crippen LogP contribution is -2.40. The van der Waals surface area contributed by atoms with Crippen LogP contribution >= 0.6 is 11.6 Å². The third-order valence-electron chi connectivity index (χ3n) is 3.84. The number of aromatic nitrogens is 2. The van der Waals surface area contributed by atoms with Crippen LogP contribution in [0.3, 0.4) is 0 Å². The number of hydrogen-bond donors (Lipinski definition) is 1. The fourth-order valence-electron chi connectivity index (χ4n) is 2.51. The van der Waals surface area contributed by atoms with E-state index in [4.69, 9.17) is 21.1 Å². The van der Waals surface area contributed by atoms with Crippen molar-refractivity contribution in [2.24, 2.45) is 0 Å². The lowest BCUT2D eigenvalue weighted by molar-refractivity contribution is -0.127. The van der Waals surface area contributed by atoms with E-state index < -0.39 is 6.10 Å². The van der Waals surface area contributed by atoms with Crippen molar-refractivity contribution < 1.29 is 14.3 Å². The van der Waals surface area contributed by atoms with Crippen molar-refractivity contribution in [1.82, 2.24) is 15.1 Å². The normalized spacial score (nSPS) is 18.3. The van der Waals surface area contributed by atoms with E-state index in [9.17, 15) is 4.79 Å². The highest BCUT2D eigenvalue weighted by molar-refractivity contribution is 6.31. The van der Waals surface area contributed by atoms with Gasteiger partial charge in [-0.05, 0) is 31.9 Å². The predicted molar refractivity (Wildman–Crippen MR) is 90.6 cm³/mol. The number of halogens is 1. The van der Waals surface area contributed by atoms with Crippen LogP contribution in [0.4, 0.5) is 0 Å². The third kappa shape index (κ3) is 4.07. The second-order valence-electron chi connectivity index (χ2n) is 5.70. The van der Waals surface area contributed by atoms with Crippen LogP contribution in [0.15, 0.2) is 36.5 Å². The molecule has 1 fully saturated rings. The smallest absolute Gasteiger partial charge is 0.260 e. The topological polar surface area (TPSA) is 65.4 Å². The number of carbonyl (C=O) groups is 1. The molecule has 2 atom stereocenters. The first-order valence-corrected chi connectivity index (χ1v) is 8.38. The maximum absolute atomic E-state index is 12.1. The van der Waals surface area contributed by atoms with Crippen molar-refractivity contribution in [1.29, 1.82) is 0 Å². The Bertz CT molecular complexity index is 684. The summed E-state index contributed by atoms with van der Waals surface area (Å²) in [6.45, 7) is 2.93. The Balaban J connectivity index is 1.58. The van der Waals surface area contributed by atoms with Crippen molar-refractivity contribution >= 4 is 17.5 Å². The summed E-state index contributed by atoms with van der Waals surface area (Å²) in [7, 11) is 0. The lowest BCUT2D eigenvalue weighted by atomic mass is 10.2. The van der Waals surface area contributed by atoms with Crippen LogP contribution in [-0.4, -0.2) is 41.0 Å². The highest BCUT2D eigenvalue weighted by Crippen LogP contribution is 2.25. The van der Waals surface area contributed by atoms with Gasteiger partial charge in [0.15, 0.2) is 6.10 Å². The maximum atomic E-state index is 12.1. The van der Waals surface area contributed by atoms with E-state index in [0.717, 1.165) is 25.1 Å². The summed E-state index contributed by atoms with van der Waals surface area (Å²) in [6.07, 6.45) is 3.08. The van der Waals surface area contributed by atoms with Crippen LogP contribution in [0.5, 0.6) is 5.88 Å². The molecule has 1 aromatic heterocycles. The Morgan fingerprint density at radius 3 is 3.00 bits per heavy atom. The average molecular weight is 350 g/mol. The summed E-state index contributed by atoms with van der Waals surface area (Å²) in [5, 5.41) is 7.49. The zero-order chi connectivity index (χ0) is 16.9. The third-order valence-corrected chi connectivity index (χ3v) is 4.10. The SMILES string of the molecule is C[C@H](Oc1nn(-c2ccccc2)cc1Cl)C(=O)NC[C@H]1CCCO1. The molecule has 2 heterocycles. The number of nitrogens with one attached hydrogen (secondary N) is 1. The van der Waals surface area contributed by atoms with Gasteiger partial charge in [-0.25, -0.2) is 4.68 Å². The van der Waals surface area contributed by atoms with Gasteiger partial charge >= 0.3 is 0 Å². The molecule has 0 aliphatic carbocycles. The van der Waals surface area contributed by atoms with E-state index in [1.165, 1.54) is 0 Å². The molecule has 1 N–H and O–H groups in total. The number of nitrogens with zero attached hydrogens (tertiary/aromatic N) is 2. The van der Waals surface area contributed by atoms with Gasteiger partial charge in [0, 0.05) is 13.2 Å². The highest BCUT2D eigenvalue weighted by atomic mass is 35.5. The Kier molecular flexibility index (Phi) is 5.37. The van der Waals surface area contributed by atoms with Gasteiger partial charge < -0.3 is 14.8 Å². The molecule has 0 bridgehead atoms. The average Bonchev–Trinajstić information content (AvgIpc) is 3.24. The van der Waals surface area contributed by atoms with Crippen molar-refractivity contribution in [3.05, 3.63) is 41.6 Å². The van der Waals surface area contributed by atoms with E-state index in [0.29, 0.717) is 11.6 Å². The molecule has 1 saturated heterocycles. The minimum absolute atomic E-state index is 0.0991. The Labute approximate surface area is 145 Å². The first-order chi connectivity index (χ1) is 11.6. The fourth-order valence-corrected chi connectivity index (χ4v) is 2.69. The first-order valence-electron chi connectivity index (χ1n) is 8.00. The Morgan fingerprint density at radius 1 is 1.50 bits per heavy atom. The van der Waals surface area contributed by atoms with Crippen molar-refractivity contribution in [3.8, 4) is 11.6 Å². The Morgan fingerprint density at radius 2 is 2.29 bits per heavy atom. The maximum Gasteiger partial charge on any atom is 0.260 e. The summed E-state index contributed by atoms with van der Waals surface area (Å²) in [6, 6.07) is 9.56. The molecule has 1 aliphatic heterocycles. The monoisotopic (exact) mass is 349 g/mol.